The Morgan fingerprint density at radius 2 is 1.61 bits per heavy atom. The molecule has 0 unspecified atom stereocenters. The molecule has 0 aromatic heterocycles. The molecule has 1 N–H and O–H groups in total. The van der Waals surface area contributed by atoms with Crippen molar-refractivity contribution >= 4 is 33.2 Å². The minimum atomic E-state index is -3.89. The van der Waals surface area contributed by atoms with Crippen LogP contribution in [0.4, 0.5) is 5.69 Å². The highest BCUT2D eigenvalue weighted by molar-refractivity contribution is 7.92. The van der Waals surface area contributed by atoms with E-state index in [0.717, 1.165) is 30.4 Å². The molecular weight excluding hydrogens is 434 g/mol. The standard InChI is InChI=1S/C23H30ClN3O3S/c24-20-11-13-21(14-12-20)27(31(29,30)22-9-4-3-5-10-22)19-23(28)25-15-8-18-26-16-6-1-2-7-17-26/h3-5,9-14H,1-2,6-8,15-19H2,(H,25,28). The number of carbonyl (C=O) groups excluding carboxylic acids is 1. The van der Waals surface area contributed by atoms with Crippen LogP contribution in [0.5, 0.6) is 0 Å². The lowest BCUT2D eigenvalue weighted by Gasteiger charge is -2.24. The van der Waals surface area contributed by atoms with Crippen molar-refractivity contribution in [2.45, 2.75) is 37.0 Å². The number of benzene rings is 2. The van der Waals surface area contributed by atoms with Crippen LogP contribution in [-0.2, 0) is 14.8 Å². The van der Waals surface area contributed by atoms with E-state index in [-0.39, 0.29) is 17.3 Å². The number of anilines is 1. The molecular formula is C23H30ClN3O3S. The smallest absolute Gasteiger partial charge is 0.264 e. The number of sulfonamides is 1. The summed E-state index contributed by atoms with van der Waals surface area (Å²) in [5.41, 5.74) is 0.396. The number of hydrogen-bond donors (Lipinski definition) is 1. The quantitative estimate of drug-likeness (QED) is 0.572. The molecule has 1 heterocycles. The molecule has 0 atom stereocenters. The first kappa shape index (κ1) is 23.6. The first-order valence-electron chi connectivity index (χ1n) is 10.8. The second-order valence-corrected chi connectivity index (χ2v) is 10.1. The van der Waals surface area contributed by atoms with Gasteiger partial charge in [-0.25, -0.2) is 8.42 Å². The van der Waals surface area contributed by atoms with Gasteiger partial charge in [0.15, 0.2) is 0 Å². The van der Waals surface area contributed by atoms with Crippen LogP contribution in [0.1, 0.15) is 32.1 Å². The first-order valence-corrected chi connectivity index (χ1v) is 12.6. The maximum atomic E-state index is 13.2. The van der Waals surface area contributed by atoms with Crippen molar-refractivity contribution < 1.29 is 13.2 Å². The third-order valence-corrected chi connectivity index (χ3v) is 7.45. The number of likely N-dealkylation sites (tertiary alicyclic amines) is 1. The summed E-state index contributed by atoms with van der Waals surface area (Å²) >= 11 is 5.96. The van der Waals surface area contributed by atoms with Crippen molar-refractivity contribution in [2.75, 3.05) is 37.0 Å². The van der Waals surface area contributed by atoms with Crippen molar-refractivity contribution in [3.05, 3.63) is 59.6 Å². The van der Waals surface area contributed by atoms with Crippen LogP contribution < -0.4 is 9.62 Å². The van der Waals surface area contributed by atoms with Crippen LogP contribution >= 0.6 is 11.6 Å². The molecule has 8 heteroatoms. The summed E-state index contributed by atoms with van der Waals surface area (Å²) in [7, 11) is -3.89. The van der Waals surface area contributed by atoms with Crippen LogP contribution in [0.25, 0.3) is 0 Å². The average molecular weight is 464 g/mol. The number of carbonyl (C=O) groups is 1. The summed E-state index contributed by atoms with van der Waals surface area (Å²) in [4.78, 5) is 15.2. The topological polar surface area (TPSA) is 69.7 Å². The zero-order valence-corrected chi connectivity index (χ0v) is 19.2. The maximum absolute atomic E-state index is 13.2. The zero-order chi connectivity index (χ0) is 22.1. The lowest BCUT2D eigenvalue weighted by molar-refractivity contribution is -0.119. The average Bonchev–Trinajstić information content (AvgIpc) is 3.05. The van der Waals surface area contributed by atoms with E-state index in [1.54, 1.807) is 42.5 Å². The van der Waals surface area contributed by atoms with Gasteiger partial charge in [0.05, 0.1) is 10.6 Å². The molecule has 168 valence electrons. The fraction of sp³-hybridized carbons (Fsp3) is 0.435. The fourth-order valence-electron chi connectivity index (χ4n) is 3.72. The van der Waals surface area contributed by atoms with Gasteiger partial charge in [-0.1, -0.05) is 42.6 Å². The summed E-state index contributed by atoms with van der Waals surface area (Å²) in [6.07, 6.45) is 5.91. The summed E-state index contributed by atoms with van der Waals surface area (Å²) in [5.74, 6) is -0.328. The second kappa shape index (κ2) is 11.5. The van der Waals surface area contributed by atoms with Crippen molar-refractivity contribution in [2.24, 2.45) is 0 Å². The highest BCUT2D eigenvalue weighted by atomic mass is 35.5. The van der Waals surface area contributed by atoms with E-state index in [9.17, 15) is 13.2 Å². The van der Waals surface area contributed by atoms with Crippen LogP contribution in [-0.4, -0.2) is 51.9 Å². The third kappa shape index (κ3) is 6.95. The molecule has 1 amide bonds. The van der Waals surface area contributed by atoms with Gasteiger partial charge in [-0.2, -0.15) is 0 Å². The molecule has 1 fully saturated rings. The van der Waals surface area contributed by atoms with E-state index in [1.165, 1.54) is 37.8 Å². The van der Waals surface area contributed by atoms with Gasteiger partial charge in [-0.3, -0.25) is 9.10 Å². The number of amides is 1. The minimum Gasteiger partial charge on any atom is -0.354 e. The molecule has 31 heavy (non-hydrogen) atoms. The molecule has 1 aliphatic rings. The van der Waals surface area contributed by atoms with Crippen molar-refractivity contribution in [1.82, 2.24) is 10.2 Å². The number of nitrogens with zero attached hydrogens (tertiary/aromatic N) is 2. The van der Waals surface area contributed by atoms with E-state index < -0.39 is 10.0 Å². The van der Waals surface area contributed by atoms with Gasteiger partial charge in [0.25, 0.3) is 10.0 Å². The molecule has 2 aromatic carbocycles. The van der Waals surface area contributed by atoms with E-state index in [2.05, 4.69) is 10.2 Å². The monoisotopic (exact) mass is 463 g/mol. The molecule has 0 bridgehead atoms. The number of rotatable bonds is 9. The van der Waals surface area contributed by atoms with Gasteiger partial charge in [0, 0.05) is 11.6 Å². The van der Waals surface area contributed by atoms with Gasteiger partial charge < -0.3 is 10.2 Å². The number of nitrogens with one attached hydrogen (secondary N) is 1. The largest absolute Gasteiger partial charge is 0.354 e. The van der Waals surface area contributed by atoms with Gasteiger partial charge in [0.2, 0.25) is 5.91 Å². The van der Waals surface area contributed by atoms with Crippen LogP contribution in [0.3, 0.4) is 0 Å². The van der Waals surface area contributed by atoms with Gasteiger partial charge in [-0.15, -0.1) is 0 Å². The fourth-order valence-corrected chi connectivity index (χ4v) is 5.29. The Morgan fingerprint density at radius 1 is 0.968 bits per heavy atom. The Labute approximate surface area is 190 Å². The molecule has 0 radical (unpaired) electrons. The van der Waals surface area contributed by atoms with Crippen molar-refractivity contribution in [3.63, 3.8) is 0 Å². The van der Waals surface area contributed by atoms with E-state index in [0.29, 0.717) is 17.3 Å². The van der Waals surface area contributed by atoms with E-state index >= 15 is 0 Å². The molecule has 0 saturated carbocycles. The number of hydrogen-bond acceptors (Lipinski definition) is 4. The molecule has 2 aromatic rings. The van der Waals surface area contributed by atoms with Crippen LogP contribution in [0.15, 0.2) is 59.5 Å². The summed E-state index contributed by atoms with van der Waals surface area (Å²) in [6.45, 7) is 3.42. The Balaban J connectivity index is 1.63. The summed E-state index contributed by atoms with van der Waals surface area (Å²) in [5, 5.41) is 3.37. The van der Waals surface area contributed by atoms with Crippen LogP contribution in [0, 0.1) is 0 Å². The molecule has 0 spiro atoms. The number of halogens is 1. The molecule has 6 nitrogen and oxygen atoms in total. The first-order chi connectivity index (χ1) is 15.0. The molecule has 3 rings (SSSR count). The Kier molecular flexibility index (Phi) is 8.75. The molecule has 1 aliphatic heterocycles. The lowest BCUT2D eigenvalue weighted by Crippen LogP contribution is -2.41. The van der Waals surface area contributed by atoms with Crippen molar-refractivity contribution in [1.29, 1.82) is 0 Å². The van der Waals surface area contributed by atoms with Crippen LogP contribution in [0.2, 0.25) is 5.02 Å². The maximum Gasteiger partial charge on any atom is 0.264 e. The highest BCUT2D eigenvalue weighted by Crippen LogP contribution is 2.25. The van der Waals surface area contributed by atoms with E-state index in [4.69, 9.17) is 11.6 Å². The summed E-state index contributed by atoms with van der Waals surface area (Å²) in [6, 6.07) is 14.6. The van der Waals surface area contributed by atoms with Gasteiger partial charge in [-0.05, 0) is 75.3 Å². The highest BCUT2D eigenvalue weighted by Gasteiger charge is 2.27. The summed E-state index contributed by atoms with van der Waals surface area (Å²) < 4.78 is 27.6. The van der Waals surface area contributed by atoms with Gasteiger partial charge in [0.1, 0.15) is 6.54 Å². The Hall–Kier alpha value is -2.09. The lowest BCUT2D eigenvalue weighted by atomic mass is 10.2. The predicted octanol–water partition coefficient (Wildman–Crippen LogP) is 3.92. The van der Waals surface area contributed by atoms with E-state index in [1.807, 2.05) is 0 Å². The Bertz CT molecular complexity index is 928. The van der Waals surface area contributed by atoms with Crippen molar-refractivity contribution in [3.8, 4) is 0 Å². The predicted molar refractivity (Wildman–Crippen MR) is 125 cm³/mol. The molecule has 1 saturated heterocycles. The van der Waals surface area contributed by atoms with Gasteiger partial charge >= 0.3 is 0 Å². The zero-order valence-electron chi connectivity index (χ0n) is 17.7. The normalized spacial score (nSPS) is 15.3. The molecule has 0 aliphatic carbocycles. The second-order valence-electron chi connectivity index (χ2n) is 7.76. The minimum absolute atomic E-state index is 0.138. The Morgan fingerprint density at radius 3 is 2.26 bits per heavy atom. The third-order valence-electron chi connectivity index (χ3n) is 5.40. The SMILES string of the molecule is O=C(CN(c1ccc(Cl)cc1)S(=O)(=O)c1ccccc1)NCCCN1CCCCCC1.